The van der Waals surface area contributed by atoms with Crippen LogP contribution >= 0.6 is 0 Å². The second-order valence-electron chi connectivity index (χ2n) is 6.48. The van der Waals surface area contributed by atoms with Crippen LogP contribution < -0.4 is 16.0 Å². The van der Waals surface area contributed by atoms with Gasteiger partial charge >= 0.3 is 0 Å². The van der Waals surface area contributed by atoms with Gasteiger partial charge in [-0.3, -0.25) is 4.79 Å². The van der Waals surface area contributed by atoms with Crippen LogP contribution in [0.15, 0.2) is 67.4 Å². The average Bonchev–Trinajstić information content (AvgIpc) is 3.32. The maximum atomic E-state index is 14.3. The van der Waals surface area contributed by atoms with E-state index in [1.54, 1.807) is 30.9 Å². The van der Waals surface area contributed by atoms with Gasteiger partial charge in [0.25, 0.3) is 5.91 Å². The molecular weight excluding hydrogens is 357 g/mol. The van der Waals surface area contributed by atoms with Gasteiger partial charge in [0.15, 0.2) is 0 Å². The van der Waals surface area contributed by atoms with Crippen LogP contribution in [0, 0.1) is 5.82 Å². The zero-order valence-electron chi connectivity index (χ0n) is 15.2. The molecule has 7 heteroatoms. The Kier molecular flexibility index (Phi) is 5.05. The molecule has 0 bridgehead atoms. The molecular formula is C21H20FN5O. The van der Waals surface area contributed by atoms with Crippen molar-refractivity contribution in [3.8, 4) is 0 Å². The molecule has 1 aromatic heterocycles. The molecule has 2 aromatic carbocycles. The second-order valence-corrected chi connectivity index (χ2v) is 6.48. The van der Waals surface area contributed by atoms with E-state index in [4.69, 9.17) is 0 Å². The summed E-state index contributed by atoms with van der Waals surface area (Å²) in [4.78, 5) is 16.1. The fourth-order valence-electron chi connectivity index (χ4n) is 3.09. The molecule has 0 saturated carbocycles. The van der Waals surface area contributed by atoms with Crippen molar-refractivity contribution in [2.75, 3.05) is 22.5 Å². The van der Waals surface area contributed by atoms with Gasteiger partial charge in [-0.05, 0) is 30.7 Å². The Labute approximate surface area is 162 Å². The number of fused-ring (bicyclic) bond motifs is 1. The molecule has 0 aliphatic carbocycles. The number of halogens is 1. The SMILES string of the molecule is O=C1Nc2ccccc2C1=CNc1ccc(NCCCn2ccnc2)c(F)c1. The van der Waals surface area contributed by atoms with Gasteiger partial charge in [-0.25, -0.2) is 9.37 Å². The highest BCUT2D eigenvalue weighted by Gasteiger charge is 2.23. The van der Waals surface area contributed by atoms with Crippen LogP contribution in [0.4, 0.5) is 21.5 Å². The van der Waals surface area contributed by atoms with Gasteiger partial charge in [-0.1, -0.05) is 18.2 Å². The molecule has 3 N–H and O–H groups in total. The van der Waals surface area contributed by atoms with Gasteiger partial charge in [0.05, 0.1) is 17.6 Å². The van der Waals surface area contributed by atoms with Crippen LogP contribution in [0.1, 0.15) is 12.0 Å². The highest BCUT2D eigenvalue weighted by Crippen LogP contribution is 2.31. The van der Waals surface area contributed by atoms with Gasteiger partial charge in [-0.15, -0.1) is 0 Å². The van der Waals surface area contributed by atoms with Crippen LogP contribution in [0.25, 0.3) is 5.57 Å². The Balaban J connectivity index is 1.36. The Morgan fingerprint density at radius 3 is 2.93 bits per heavy atom. The van der Waals surface area contributed by atoms with E-state index >= 15 is 0 Å². The van der Waals surface area contributed by atoms with Crippen molar-refractivity contribution in [1.82, 2.24) is 9.55 Å². The summed E-state index contributed by atoms with van der Waals surface area (Å²) in [6, 6.07) is 12.3. The Morgan fingerprint density at radius 1 is 1.21 bits per heavy atom. The van der Waals surface area contributed by atoms with Crippen molar-refractivity contribution in [2.24, 2.45) is 0 Å². The summed E-state index contributed by atoms with van der Waals surface area (Å²) < 4.78 is 16.3. The second kappa shape index (κ2) is 7.96. The first kappa shape index (κ1) is 17.8. The number of hydrogen-bond donors (Lipinski definition) is 3. The number of hydrogen-bond acceptors (Lipinski definition) is 4. The molecule has 28 heavy (non-hydrogen) atoms. The molecule has 1 amide bonds. The number of nitrogens with one attached hydrogen (secondary N) is 3. The van der Waals surface area contributed by atoms with Crippen LogP contribution in [-0.4, -0.2) is 22.0 Å². The fraction of sp³-hybridized carbons (Fsp3) is 0.143. The lowest BCUT2D eigenvalue weighted by molar-refractivity contribution is -0.110. The molecule has 0 fully saturated rings. The predicted molar refractivity (Wildman–Crippen MR) is 108 cm³/mol. The molecule has 2 heterocycles. The third-order valence-electron chi connectivity index (χ3n) is 4.53. The number of benzene rings is 2. The summed E-state index contributed by atoms with van der Waals surface area (Å²) in [5.74, 6) is -0.521. The van der Waals surface area contributed by atoms with E-state index in [1.165, 1.54) is 6.07 Å². The smallest absolute Gasteiger partial charge is 0.257 e. The quantitative estimate of drug-likeness (QED) is 0.431. The van der Waals surface area contributed by atoms with E-state index in [2.05, 4.69) is 20.9 Å². The summed E-state index contributed by atoms with van der Waals surface area (Å²) in [6.07, 6.45) is 7.86. The predicted octanol–water partition coefficient (Wildman–Crippen LogP) is 3.93. The molecule has 0 saturated heterocycles. The van der Waals surface area contributed by atoms with Crippen molar-refractivity contribution >= 4 is 28.5 Å². The summed E-state index contributed by atoms with van der Waals surface area (Å²) in [6.45, 7) is 1.48. The van der Waals surface area contributed by atoms with Crippen molar-refractivity contribution in [2.45, 2.75) is 13.0 Å². The lowest BCUT2D eigenvalue weighted by Crippen LogP contribution is -2.07. The largest absolute Gasteiger partial charge is 0.383 e. The first-order valence-electron chi connectivity index (χ1n) is 9.07. The number of para-hydroxylation sites is 1. The maximum Gasteiger partial charge on any atom is 0.257 e. The molecule has 1 aliphatic rings. The third kappa shape index (κ3) is 3.88. The number of nitrogens with zero attached hydrogens (tertiary/aromatic N) is 2. The number of aryl methyl sites for hydroxylation is 1. The topological polar surface area (TPSA) is 71.0 Å². The summed E-state index contributed by atoms with van der Waals surface area (Å²) in [5.41, 5.74) is 3.16. The lowest BCUT2D eigenvalue weighted by Gasteiger charge is -2.10. The normalized spacial score (nSPS) is 14.0. The molecule has 4 rings (SSSR count). The molecule has 0 atom stereocenters. The molecule has 0 spiro atoms. The van der Waals surface area contributed by atoms with Crippen LogP contribution in [-0.2, 0) is 11.3 Å². The number of imidazole rings is 1. The van der Waals surface area contributed by atoms with Crippen molar-refractivity contribution in [3.05, 3.63) is 78.8 Å². The minimum atomic E-state index is -0.345. The molecule has 0 radical (unpaired) electrons. The van der Waals surface area contributed by atoms with Crippen molar-refractivity contribution in [3.63, 3.8) is 0 Å². The zero-order valence-corrected chi connectivity index (χ0v) is 15.2. The van der Waals surface area contributed by atoms with Gasteiger partial charge in [0, 0.05) is 48.6 Å². The Bertz CT molecular complexity index is 1010. The first-order chi connectivity index (χ1) is 13.7. The first-order valence-corrected chi connectivity index (χ1v) is 9.07. The van der Waals surface area contributed by atoms with E-state index in [9.17, 15) is 9.18 Å². The molecule has 1 aliphatic heterocycles. The maximum absolute atomic E-state index is 14.3. The van der Waals surface area contributed by atoms with E-state index in [0.717, 1.165) is 24.2 Å². The number of aromatic nitrogens is 2. The minimum Gasteiger partial charge on any atom is -0.383 e. The molecule has 0 unspecified atom stereocenters. The average molecular weight is 377 g/mol. The minimum absolute atomic E-state index is 0.176. The van der Waals surface area contributed by atoms with Gasteiger partial charge in [0.1, 0.15) is 5.82 Å². The summed E-state index contributed by atoms with van der Waals surface area (Å²) in [5, 5.41) is 8.92. The molecule has 6 nitrogen and oxygen atoms in total. The van der Waals surface area contributed by atoms with Crippen LogP contribution in [0.3, 0.4) is 0 Å². The molecule has 142 valence electrons. The van der Waals surface area contributed by atoms with Gasteiger partial charge < -0.3 is 20.5 Å². The van der Waals surface area contributed by atoms with E-state index < -0.39 is 0 Å². The number of carbonyl (C=O) groups is 1. The number of rotatable bonds is 7. The van der Waals surface area contributed by atoms with E-state index in [1.807, 2.05) is 35.0 Å². The number of amides is 1. The summed E-state index contributed by atoms with van der Waals surface area (Å²) >= 11 is 0. The van der Waals surface area contributed by atoms with Crippen LogP contribution in [0.5, 0.6) is 0 Å². The van der Waals surface area contributed by atoms with Gasteiger partial charge in [0.2, 0.25) is 0 Å². The van der Waals surface area contributed by atoms with Crippen LogP contribution in [0.2, 0.25) is 0 Å². The van der Waals surface area contributed by atoms with Gasteiger partial charge in [-0.2, -0.15) is 0 Å². The standard InChI is InChI=1S/C21H20FN5O/c22-18-12-15(6-7-20(18)24-8-3-10-27-11-9-23-14-27)25-13-17-16-4-1-2-5-19(16)26-21(17)28/h1-2,4-7,9,11-14,24-25H,3,8,10H2,(H,26,28). The van der Waals surface area contributed by atoms with E-state index in [-0.39, 0.29) is 11.7 Å². The van der Waals surface area contributed by atoms with E-state index in [0.29, 0.717) is 23.5 Å². The highest BCUT2D eigenvalue weighted by atomic mass is 19.1. The number of carbonyl (C=O) groups excluding carboxylic acids is 1. The molecule has 3 aromatic rings. The van der Waals surface area contributed by atoms with Crippen molar-refractivity contribution in [1.29, 1.82) is 0 Å². The van der Waals surface area contributed by atoms with Crippen molar-refractivity contribution < 1.29 is 9.18 Å². The Hall–Kier alpha value is -3.61. The monoisotopic (exact) mass is 377 g/mol. The number of anilines is 3. The highest BCUT2D eigenvalue weighted by molar-refractivity contribution is 6.31. The summed E-state index contributed by atoms with van der Waals surface area (Å²) in [7, 11) is 0. The zero-order chi connectivity index (χ0) is 19.3. The Morgan fingerprint density at radius 2 is 2.11 bits per heavy atom. The lowest BCUT2D eigenvalue weighted by atomic mass is 10.1. The fourth-order valence-corrected chi connectivity index (χ4v) is 3.09. The third-order valence-corrected chi connectivity index (χ3v) is 4.53.